The van der Waals surface area contributed by atoms with Gasteiger partial charge < -0.3 is 15.0 Å². The highest BCUT2D eigenvalue weighted by molar-refractivity contribution is 7.13. The van der Waals surface area contributed by atoms with Crippen molar-refractivity contribution in [1.82, 2.24) is 19.8 Å². The Morgan fingerprint density at radius 2 is 1.71 bits per heavy atom. The number of halogens is 1. The molecule has 0 saturated carbocycles. The number of amides is 1. The molecule has 1 fully saturated rings. The van der Waals surface area contributed by atoms with Crippen LogP contribution in [0.25, 0.3) is 27.5 Å². The van der Waals surface area contributed by atoms with Gasteiger partial charge in [0.05, 0.1) is 29.6 Å². The lowest BCUT2D eigenvalue weighted by atomic mass is 10.0. The van der Waals surface area contributed by atoms with Gasteiger partial charge in [0, 0.05) is 47.8 Å². The van der Waals surface area contributed by atoms with E-state index in [0.717, 1.165) is 54.0 Å². The van der Waals surface area contributed by atoms with E-state index >= 15 is 0 Å². The molecule has 0 aliphatic carbocycles. The third-order valence-corrected chi connectivity index (χ3v) is 8.37. The summed E-state index contributed by atoms with van der Waals surface area (Å²) in [5.41, 5.74) is 6.20. The summed E-state index contributed by atoms with van der Waals surface area (Å²) in [5.74, 6) is -0.0551. The molecule has 1 saturated heterocycles. The molecule has 8 nitrogen and oxygen atoms in total. The number of pyridine rings is 1. The number of aryl methyl sites for hydroxylation is 2. The lowest BCUT2D eigenvalue weighted by molar-refractivity contribution is -0.126. The zero-order valence-electron chi connectivity index (χ0n) is 24.3. The highest BCUT2D eigenvalue weighted by atomic mass is 35.5. The highest BCUT2D eigenvalue weighted by Gasteiger charge is 2.26. The number of carbonyl (C=O) groups excluding carboxylic acids is 2. The lowest BCUT2D eigenvalue weighted by Crippen LogP contribution is -2.47. The minimum atomic E-state index is -0.160. The molecule has 1 aliphatic rings. The number of benzene rings is 2. The number of piperazine rings is 1. The monoisotopic (exact) mass is 606 g/mol. The van der Waals surface area contributed by atoms with E-state index in [2.05, 4.69) is 36.0 Å². The Morgan fingerprint density at radius 1 is 1.10 bits per heavy atom. The van der Waals surface area contributed by atoms with Gasteiger partial charge in [-0.05, 0) is 49.1 Å². The Morgan fingerprint density at radius 3 is 2.29 bits per heavy atom. The van der Waals surface area contributed by atoms with Gasteiger partial charge in [0.15, 0.2) is 0 Å². The van der Waals surface area contributed by atoms with Crippen molar-refractivity contribution in [1.29, 1.82) is 0 Å². The number of nitrogens with zero attached hydrogens (tertiary/aromatic N) is 3. The summed E-state index contributed by atoms with van der Waals surface area (Å²) in [7, 11) is 1.31. The fourth-order valence-corrected chi connectivity index (χ4v) is 6.00. The minimum absolute atomic E-state index is 0.0551. The smallest absolute Gasteiger partial charge is 0.292 e. The molecular formula is C32H35ClN4O4S. The van der Waals surface area contributed by atoms with Gasteiger partial charge in [0.25, 0.3) is 17.9 Å². The highest BCUT2D eigenvalue weighted by Crippen LogP contribution is 2.31. The molecule has 2 aromatic carbocycles. The maximum atomic E-state index is 14.2. The van der Waals surface area contributed by atoms with Crippen LogP contribution in [-0.2, 0) is 22.4 Å². The molecule has 0 bridgehead atoms. The van der Waals surface area contributed by atoms with Gasteiger partial charge in [-0.2, -0.15) is 0 Å². The zero-order valence-corrected chi connectivity index (χ0v) is 25.8. The first-order chi connectivity index (χ1) is 20.3. The summed E-state index contributed by atoms with van der Waals surface area (Å²) in [6.07, 6.45) is 1.55. The first-order valence-electron chi connectivity index (χ1n) is 13.9. The average Bonchev–Trinajstić information content (AvgIpc) is 3.52. The molecule has 0 unspecified atom stereocenters. The van der Waals surface area contributed by atoms with Gasteiger partial charge in [0.2, 0.25) is 0 Å². The Kier molecular flexibility index (Phi) is 10.7. The van der Waals surface area contributed by atoms with Crippen LogP contribution < -0.4 is 10.9 Å². The van der Waals surface area contributed by atoms with E-state index in [1.165, 1.54) is 18.4 Å². The van der Waals surface area contributed by atoms with E-state index in [-0.39, 0.29) is 11.5 Å². The van der Waals surface area contributed by atoms with E-state index in [1.54, 1.807) is 10.6 Å². The Hall–Kier alpha value is -3.79. The van der Waals surface area contributed by atoms with Crippen molar-refractivity contribution in [3.05, 3.63) is 91.7 Å². The van der Waals surface area contributed by atoms with Gasteiger partial charge in [-0.3, -0.25) is 19.0 Å². The predicted octanol–water partition coefficient (Wildman–Crippen LogP) is 5.55. The van der Waals surface area contributed by atoms with Crippen molar-refractivity contribution in [3.8, 4) is 27.5 Å². The molecule has 5 rings (SSSR count). The second-order valence-electron chi connectivity index (χ2n) is 9.75. The SMILES string of the molecule is CCc1cccc(CC)c1-n1c(C)c(C(=O)N2CCNCC2)cc(-c2nc(-c3ccc(Cl)cc3)cs2)c1=O.COC=O. The third-order valence-electron chi connectivity index (χ3n) is 7.24. The molecule has 3 heterocycles. The molecule has 10 heteroatoms. The fourth-order valence-electron chi connectivity index (χ4n) is 5.03. The molecule has 2 aromatic heterocycles. The van der Waals surface area contributed by atoms with E-state index in [0.29, 0.717) is 46.4 Å². The number of nitrogens with one attached hydrogen (secondary N) is 1. The van der Waals surface area contributed by atoms with Gasteiger partial charge >= 0.3 is 0 Å². The van der Waals surface area contributed by atoms with Crippen molar-refractivity contribution >= 4 is 35.3 Å². The van der Waals surface area contributed by atoms with Crippen LogP contribution in [0.1, 0.15) is 41.0 Å². The number of thiazole rings is 1. The van der Waals surface area contributed by atoms with E-state index in [4.69, 9.17) is 21.4 Å². The van der Waals surface area contributed by atoms with Crippen molar-refractivity contribution in [3.63, 3.8) is 0 Å². The number of hydrogen-bond acceptors (Lipinski definition) is 7. The van der Waals surface area contributed by atoms with Crippen LogP contribution in [0.15, 0.2) is 58.7 Å². The number of ether oxygens (including phenoxy) is 1. The second-order valence-corrected chi connectivity index (χ2v) is 11.0. The summed E-state index contributed by atoms with van der Waals surface area (Å²) < 4.78 is 5.62. The lowest BCUT2D eigenvalue weighted by Gasteiger charge is -2.29. The second kappa shape index (κ2) is 14.4. The van der Waals surface area contributed by atoms with E-state index in [1.807, 2.05) is 47.5 Å². The average molecular weight is 607 g/mol. The fraction of sp³-hybridized carbons (Fsp3) is 0.312. The maximum Gasteiger partial charge on any atom is 0.292 e. The molecule has 0 radical (unpaired) electrons. The van der Waals surface area contributed by atoms with Crippen molar-refractivity contribution < 1.29 is 14.3 Å². The summed E-state index contributed by atoms with van der Waals surface area (Å²) in [6.45, 7) is 9.23. The van der Waals surface area contributed by atoms with Crippen LogP contribution in [-0.4, -0.2) is 60.1 Å². The molecule has 42 heavy (non-hydrogen) atoms. The first-order valence-corrected chi connectivity index (χ1v) is 15.2. The number of hydrogen-bond donors (Lipinski definition) is 1. The normalized spacial score (nSPS) is 12.8. The van der Waals surface area contributed by atoms with Gasteiger partial charge in [0.1, 0.15) is 5.01 Å². The van der Waals surface area contributed by atoms with Crippen molar-refractivity contribution in [2.75, 3.05) is 33.3 Å². The molecule has 0 atom stereocenters. The summed E-state index contributed by atoms with van der Waals surface area (Å²) in [5, 5.41) is 6.50. The standard InChI is InChI=1S/C30H31ClN4O2S.C2H4O2/c1-4-20-7-6-8-21(5-2)27(20)35-19(3)24(29(36)34-15-13-32-14-16-34)17-25(30(35)37)28-33-26(18-38-28)22-9-11-23(31)12-10-22;1-4-2-3/h6-12,17-18,32H,4-5,13-16H2,1-3H3;2H,1H3. The van der Waals surface area contributed by atoms with Crippen LogP contribution in [0.3, 0.4) is 0 Å². The van der Waals surface area contributed by atoms with Crippen LogP contribution in [0.5, 0.6) is 0 Å². The summed E-state index contributed by atoms with van der Waals surface area (Å²) in [4.78, 5) is 43.7. The van der Waals surface area contributed by atoms with Gasteiger partial charge in [-0.1, -0.05) is 55.8 Å². The molecule has 1 N–H and O–H groups in total. The Balaban J connectivity index is 0.000000952. The summed E-state index contributed by atoms with van der Waals surface area (Å²) in [6, 6.07) is 15.4. The molecule has 1 amide bonds. The third kappa shape index (κ3) is 6.64. The number of rotatable bonds is 7. The largest absolute Gasteiger partial charge is 0.471 e. The van der Waals surface area contributed by atoms with Crippen molar-refractivity contribution in [2.24, 2.45) is 0 Å². The topological polar surface area (TPSA) is 93.5 Å². The molecule has 1 aliphatic heterocycles. The maximum absolute atomic E-state index is 14.2. The van der Waals surface area contributed by atoms with Crippen LogP contribution in [0.4, 0.5) is 0 Å². The number of methoxy groups -OCH3 is 1. The number of para-hydroxylation sites is 1. The Labute approximate surface area is 254 Å². The van der Waals surface area contributed by atoms with Crippen LogP contribution in [0, 0.1) is 6.92 Å². The molecular weight excluding hydrogens is 572 g/mol. The quantitative estimate of drug-likeness (QED) is 0.277. The first kappa shape index (κ1) is 31.2. The molecule has 0 spiro atoms. The van der Waals surface area contributed by atoms with Crippen LogP contribution >= 0.6 is 22.9 Å². The van der Waals surface area contributed by atoms with Gasteiger partial charge in [-0.15, -0.1) is 11.3 Å². The number of aromatic nitrogens is 2. The van der Waals surface area contributed by atoms with E-state index in [9.17, 15) is 9.59 Å². The van der Waals surface area contributed by atoms with E-state index < -0.39 is 0 Å². The van der Waals surface area contributed by atoms with Gasteiger partial charge in [-0.25, -0.2) is 4.98 Å². The summed E-state index contributed by atoms with van der Waals surface area (Å²) >= 11 is 7.48. The zero-order chi connectivity index (χ0) is 30.2. The number of carbonyl (C=O) groups is 2. The van der Waals surface area contributed by atoms with Crippen molar-refractivity contribution in [2.45, 2.75) is 33.6 Å². The predicted molar refractivity (Wildman–Crippen MR) is 169 cm³/mol. The molecule has 4 aromatic rings. The van der Waals surface area contributed by atoms with Crippen LogP contribution in [0.2, 0.25) is 5.02 Å². The minimum Gasteiger partial charge on any atom is -0.471 e. The Bertz CT molecular complexity index is 1590. The molecule has 220 valence electrons.